The first-order valence-corrected chi connectivity index (χ1v) is 8.65. The fourth-order valence-electron chi connectivity index (χ4n) is 3.65. The van der Waals surface area contributed by atoms with Crippen LogP contribution in [0.1, 0.15) is 38.4 Å². The molecule has 0 radical (unpaired) electrons. The van der Waals surface area contributed by atoms with E-state index in [2.05, 4.69) is 0 Å². The lowest BCUT2D eigenvalue weighted by molar-refractivity contribution is -0.195. The van der Waals surface area contributed by atoms with Gasteiger partial charge in [0.25, 0.3) is 0 Å². The van der Waals surface area contributed by atoms with E-state index in [4.69, 9.17) is 13.9 Å². The van der Waals surface area contributed by atoms with Crippen LogP contribution in [0.25, 0.3) is 11.0 Å². The van der Waals surface area contributed by atoms with Gasteiger partial charge >= 0.3 is 0 Å². The van der Waals surface area contributed by atoms with Crippen molar-refractivity contribution < 1.29 is 18.7 Å². The van der Waals surface area contributed by atoms with Gasteiger partial charge in [0.05, 0.1) is 18.6 Å². The number of hydrogen-bond acceptors (Lipinski definition) is 4. The van der Waals surface area contributed by atoms with E-state index >= 15 is 0 Å². The molecular weight excluding hydrogens is 306 g/mol. The van der Waals surface area contributed by atoms with Gasteiger partial charge in [-0.1, -0.05) is 18.2 Å². The maximum atomic E-state index is 12.8. The average molecular weight is 329 g/mol. The number of likely N-dealkylation sites (tertiary alicyclic amines) is 1. The molecule has 3 heterocycles. The first-order valence-electron chi connectivity index (χ1n) is 8.65. The molecule has 0 unspecified atom stereocenters. The summed E-state index contributed by atoms with van der Waals surface area (Å²) in [5.74, 6) is 0.0768. The Kier molecular flexibility index (Phi) is 3.85. The van der Waals surface area contributed by atoms with E-state index in [9.17, 15) is 4.79 Å². The fourth-order valence-corrected chi connectivity index (χ4v) is 3.65. The van der Waals surface area contributed by atoms with Crippen LogP contribution in [0.5, 0.6) is 0 Å². The number of fused-ring (bicyclic) bond motifs is 1. The van der Waals surface area contributed by atoms with E-state index < -0.39 is 5.79 Å². The molecule has 24 heavy (non-hydrogen) atoms. The van der Waals surface area contributed by atoms with Crippen LogP contribution >= 0.6 is 0 Å². The Balaban J connectivity index is 1.44. The van der Waals surface area contributed by atoms with E-state index in [1.807, 2.05) is 49.1 Å². The Hall–Kier alpha value is -1.85. The monoisotopic (exact) mass is 329 g/mol. The number of para-hydroxylation sites is 1. The van der Waals surface area contributed by atoms with Gasteiger partial charge in [0.15, 0.2) is 5.79 Å². The van der Waals surface area contributed by atoms with Crippen molar-refractivity contribution in [3.63, 3.8) is 0 Å². The highest BCUT2D eigenvalue weighted by Crippen LogP contribution is 2.35. The summed E-state index contributed by atoms with van der Waals surface area (Å²) in [5.41, 5.74) is 0.825. The Morgan fingerprint density at radius 2 is 2.04 bits per heavy atom. The minimum Gasteiger partial charge on any atom is -0.460 e. The summed E-state index contributed by atoms with van der Waals surface area (Å²) in [6, 6.07) is 9.81. The minimum absolute atomic E-state index is 0.106. The maximum absolute atomic E-state index is 12.8. The Bertz CT molecular complexity index is 712. The average Bonchev–Trinajstić information content (AvgIpc) is 3.18. The predicted octanol–water partition coefficient (Wildman–Crippen LogP) is 3.29. The lowest BCUT2D eigenvalue weighted by atomic mass is 10.0. The number of piperidine rings is 1. The van der Waals surface area contributed by atoms with Gasteiger partial charge in [-0.15, -0.1) is 0 Å². The maximum Gasteiger partial charge on any atom is 0.233 e. The molecule has 2 aliphatic rings. The molecule has 1 spiro atoms. The highest BCUT2D eigenvalue weighted by Gasteiger charge is 2.43. The molecule has 2 aromatic rings. The highest BCUT2D eigenvalue weighted by atomic mass is 16.7. The second kappa shape index (κ2) is 5.90. The molecule has 1 amide bonds. The normalized spacial score (nSPS) is 24.6. The van der Waals surface area contributed by atoms with Gasteiger partial charge in [-0.3, -0.25) is 4.79 Å². The number of amides is 1. The summed E-state index contributed by atoms with van der Waals surface area (Å²) < 4.78 is 17.6. The fraction of sp³-hybridized carbons (Fsp3) is 0.526. The Morgan fingerprint density at radius 1 is 1.29 bits per heavy atom. The Labute approximate surface area is 141 Å². The zero-order valence-corrected chi connectivity index (χ0v) is 14.2. The third-order valence-electron chi connectivity index (χ3n) is 5.08. The molecule has 5 nitrogen and oxygen atoms in total. The van der Waals surface area contributed by atoms with Crippen molar-refractivity contribution in [3.8, 4) is 0 Å². The second-order valence-electron chi connectivity index (χ2n) is 6.88. The number of nitrogens with zero attached hydrogens (tertiary/aromatic N) is 1. The van der Waals surface area contributed by atoms with Gasteiger partial charge in [0.1, 0.15) is 11.3 Å². The van der Waals surface area contributed by atoms with E-state index in [1.165, 1.54) is 0 Å². The summed E-state index contributed by atoms with van der Waals surface area (Å²) in [7, 11) is 0. The predicted molar refractivity (Wildman–Crippen MR) is 89.7 cm³/mol. The van der Waals surface area contributed by atoms with Gasteiger partial charge in [-0.25, -0.2) is 0 Å². The first kappa shape index (κ1) is 15.7. The zero-order chi connectivity index (χ0) is 16.7. The summed E-state index contributed by atoms with van der Waals surface area (Å²) in [5, 5.41) is 1.03. The molecule has 128 valence electrons. The molecule has 2 atom stereocenters. The van der Waals surface area contributed by atoms with Crippen LogP contribution in [0.2, 0.25) is 0 Å². The quantitative estimate of drug-likeness (QED) is 0.848. The van der Waals surface area contributed by atoms with Crippen LogP contribution in [0.15, 0.2) is 34.7 Å². The molecule has 2 fully saturated rings. The first-order chi connectivity index (χ1) is 11.6. The molecular formula is C19H23NO4. The molecule has 1 aromatic heterocycles. The van der Waals surface area contributed by atoms with Crippen LogP contribution in [-0.4, -0.2) is 42.4 Å². The lowest BCUT2D eigenvalue weighted by Crippen LogP contribution is -2.48. The van der Waals surface area contributed by atoms with Crippen LogP contribution in [-0.2, 0) is 14.3 Å². The minimum atomic E-state index is -0.473. The third-order valence-corrected chi connectivity index (χ3v) is 5.08. The molecule has 0 saturated carbocycles. The molecule has 1 aromatic carbocycles. The van der Waals surface area contributed by atoms with Crippen LogP contribution in [0.4, 0.5) is 0 Å². The van der Waals surface area contributed by atoms with Crippen molar-refractivity contribution in [2.45, 2.75) is 44.5 Å². The molecule has 0 aliphatic carbocycles. The van der Waals surface area contributed by atoms with Gasteiger partial charge < -0.3 is 18.8 Å². The van der Waals surface area contributed by atoms with Crippen molar-refractivity contribution in [1.29, 1.82) is 0 Å². The van der Waals surface area contributed by atoms with Crippen molar-refractivity contribution in [2.24, 2.45) is 0 Å². The number of furan rings is 1. The number of benzene rings is 1. The largest absolute Gasteiger partial charge is 0.460 e. The van der Waals surface area contributed by atoms with Crippen molar-refractivity contribution in [1.82, 2.24) is 4.90 Å². The van der Waals surface area contributed by atoms with Crippen LogP contribution in [0.3, 0.4) is 0 Å². The Morgan fingerprint density at radius 3 is 2.71 bits per heavy atom. The number of hydrogen-bond donors (Lipinski definition) is 0. The molecule has 2 aliphatic heterocycles. The van der Waals surface area contributed by atoms with E-state index in [-0.39, 0.29) is 17.9 Å². The molecule has 4 rings (SSSR count). The summed E-state index contributed by atoms with van der Waals surface area (Å²) in [4.78, 5) is 14.7. The molecule has 5 heteroatoms. The van der Waals surface area contributed by atoms with Crippen LogP contribution < -0.4 is 0 Å². The standard InChI is InChI=1S/C19H23NO4/c1-13-12-22-19(24-13)7-9-20(10-8-19)18(21)14(2)17-11-15-5-3-4-6-16(15)23-17/h3-6,11,13-14H,7-10,12H2,1-2H3/t13-,14+/m0/s1. The number of carbonyl (C=O) groups is 1. The smallest absolute Gasteiger partial charge is 0.233 e. The SMILES string of the molecule is C[C@H]1COC2(CCN(C(=O)[C@H](C)c3cc4ccccc4o3)CC2)O1. The van der Waals surface area contributed by atoms with Gasteiger partial charge in [-0.2, -0.15) is 0 Å². The van der Waals surface area contributed by atoms with E-state index in [1.54, 1.807) is 0 Å². The number of rotatable bonds is 2. The van der Waals surface area contributed by atoms with Crippen molar-refractivity contribution in [3.05, 3.63) is 36.1 Å². The van der Waals surface area contributed by atoms with E-state index in [0.29, 0.717) is 19.7 Å². The number of ether oxygens (including phenoxy) is 2. The lowest BCUT2D eigenvalue weighted by Gasteiger charge is -2.38. The second-order valence-corrected chi connectivity index (χ2v) is 6.88. The summed E-state index contributed by atoms with van der Waals surface area (Å²) in [6.45, 7) is 5.90. The number of carbonyl (C=O) groups excluding carboxylic acids is 1. The third kappa shape index (κ3) is 2.72. The molecule has 0 N–H and O–H groups in total. The molecule has 0 bridgehead atoms. The summed E-state index contributed by atoms with van der Waals surface area (Å²) in [6.07, 6.45) is 1.60. The van der Waals surface area contributed by atoms with Crippen molar-refractivity contribution >= 4 is 16.9 Å². The van der Waals surface area contributed by atoms with Gasteiger partial charge in [0, 0.05) is 31.3 Å². The van der Waals surface area contributed by atoms with Gasteiger partial charge in [-0.05, 0) is 26.0 Å². The topological polar surface area (TPSA) is 51.9 Å². The highest BCUT2D eigenvalue weighted by molar-refractivity contribution is 5.85. The summed E-state index contributed by atoms with van der Waals surface area (Å²) >= 11 is 0. The molecule has 2 saturated heterocycles. The van der Waals surface area contributed by atoms with Crippen LogP contribution in [0, 0.1) is 0 Å². The van der Waals surface area contributed by atoms with Crippen molar-refractivity contribution in [2.75, 3.05) is 19.7 Å². The zero-order valence-electron chi connectivity index (χ0n) is 14.2. The van der Waals surface area contributed by atoms with Gasteiger partial charge in [0.2, 0.25) is 5.91 Å². The van der Waals surface area contributed by atoms with E-state index in [0.717, 1.165) is 29.6 Å².